The van der Waals surface area contributed by atoms with Gasteiger partial charge in [0.2, 0.25) is 0 Å². The zero-order valence-electron chi connectivity index (χ0n) is 13.3. The fourth-order valence-electron chi connectivity index (χ4n) is 2.05. The van der Waals surface area contributed by atoms with Crippen LogP contribution >= 0.6 is 0 Å². The molecule has 0 saturated heterocycles. The van der Waals surface area contributed by atoms with E-state index in [1.807, 2.05) is 34.6 Å². The molecule has 1 saturated carbocycles. The van der Waals surface area contributed by atoms with Crippen LogP contribution in [0.2, 0.25) is 0 Å². The first-order valence-corrected chi connectivity index (χ1v) is 7.33. The number of ketones is 1. The molecule has 1 fully saturated rings. The summed E-state index contributed by atoms with van der Waals surface area (Å²) in [6, 6.07) is 0. The van der Waals surface area contributed by atoms with Gasteiger partial charge in [0.15, 0.2) is 5.78 Å². The number of esters is 1. The van der Waals surface area contributed by atoms with Crippen LogP contribution in [0.25, 0.3) is 0 Å². The van der Waals surface area contributed by atoms with Crippen LogP contribution in [-0.4, -0.2) is 17.4 Å². The van der Waals surface area contributed by atoms with Gasteiger partial charge in [0.05, 0.1) is 0 Å². The van der Waals surface area contributed by atoms with Crippen molar-refractivity contribution in [3.63, 3.8) is 0 Å². The van der Waals surface area contributed by atoms with E-state index in [9.17, 15) is 9.59 Å². The van der Waals surface area contributed by atoms with Gasteiger partial charge in [0, 0.05) is 12.0 Å². The largest absolute Gasteiger partial charge is 0.457 e. The number of allylic oxidation sites excluding steroid dienone is 3. The molecular formula is C17H26O3. The van der Waals surface area contributed by atoms with Crippen molar-refractivity contribution in [3.8, 4) is 0 Å². The fraction of sp³-hybridized carbons (Fsp3) is 0.647. The predicted octanol–water partition coefficient (Wildman–Crippen LogP) is 3.98. The predicted molar refractivity (Wildman–Crippen MR) is 80.3 cm³/mol. The number of hydrogen-bond donors (Lipinski definition) is 0. The van der Waals surface area contributed by atoms with E-state index in [1.54, 1.807) is 12.2 Å². The summed E-state index contributed by atoms with van der Waals surface area (Å²) < 4.78 is 5.28. The lowest BCUT2D eigenvalue weighted by molar-refractivity contribution is -0.148. The molecule has 20 heavy (non-hydrogen) atoms. The van der Waals surface area contributed by atoms with E-state index in [4.69, 9.17) is 4.74 Å². The van der Waals surface area contributed by atoms with Crippen LogP contribution < -0.4 is 0 Å². The van der Waals surface area contributed by atoms with Gasteiger partial charge in [-0.3, -0.25) is 4.79 Å². The second kappa shape index (κ2) is 6.87. The Hall–Kier alpha value is -1.38. The van der Waals surface area contributed by atoms with Crippen molar-refractivity contribution in [3.05, 3.63) is 23.3 Å². The summed E-state index contributed by atoms with van der Waals surface area (Å²) in [5.74, 6) is -0.0149. The van der Waals surface area contributed by atoms with Gasteiger partial charge in [-0.05, 0) is 52.5 Å². The van der Waals surface area contributed by atoms with Crippen LogP contribution in [0.1, 0.15) is 60.3 Å². The Balaban J connectivity index is 2.54. The van der Waals surface area contributed by atoms with E-state index >= 15 is 0 Å². The van der Waals surface area contributed by atoms with Gasteiger partial charge in [-0.2, -0.15) is 0 Å². The van der Waals surface area contributed by atoms with Gasteiger partial charge in [-0.1, -0.05) is 25.0 Å². The SMILES string of the molecule is CC(C)C(=O)C=C1CCC(=CC(=O)OC(C)(C)C)CC1. The Bertz CT molecular complexity index is 422. The lowest BCUT2D eigenvalue weighted by Gasteiger charge is -2.20. The van der Waals surface area contributed by atoms with Crippen molar-refractivity contribution >= 4 is 11.8 Å². The minimum absolute atomic E-state index is 0.0567. The van der Waals surface area contributed by atoms with Crippen LogP contribution in [0.5, 0.6) is 0 Å². The molecule has 0 aliphatic heterocycles. The average molecular weight is 278 g/mol. The smallest absolute Gasteiger partial charge is 0.331 e. The van der Waals surface area contributed by atoms with Crippen LogP contribution in [0.3, 0.4) is 0 Å². The summed E-state index contributed by atoms with van der Waals surface area (Å²) >= 11 is 0. The van der Waals surface area contributed by atoms with Crippen LogP contribution in [0.4, 0.5) is 0 Å². The molecule has 0 bridgehead atoms. The summed E-state index contributed by atoms with van der Waals surface area (Å²) in [5.41, 5.74) is 1.87. The third kappa shape index (κ3) is 6.18. The van der Waals surface area contributed by atoms with Crippen molar-refractivity contribution in [1.82, 2.24) is 0 Å². The van der Waals surface area contributed by atoms with E-state index in [0.717, 1.165) is 31.3 Å². The first kappa shape index (κ1) is 16.7. The minimum atomic E-state index is -0.447. The Labute approximate surface area is 122 Å². The van der Waals surface area contributed by atoms with E-state index in [1.165, 1.54) is 5.57 Å². The van der Waals surface area contributed by atoms with E-state index in [2.05, 4.69) is 0 Å². The Morgan fingerprint density at radius 1 is 1.00 bits per heavy atom. The molecule has 0 aromatic heterocycles. The van der Waals surface area contributed by atoms with E-state index in [-0.39, 0.29) is 17.7 Å². The normalized spacial score (nSPS) is 16.1. The second-order valence-electron chi connectivity index (χ2n) is 6.70. The molecule has 112 valence electrons. The molecule has 1 rings (SSSR count). The highest BCUT2D eigenvalue weighted by Gasteiger charge is 2.17. The molecule has 0 heterocycles. The number of carbonyl (C=O) groups is 2. The molecule has 0 aromatic rings. The monoisotopic (exact) mass is 278 g/mol. The van der Waals surface area contributed by atoms with Crippen molar-refractivity contribution in [1.29, 1.82) is 0 Å². The van der Waals surface area contributed by atoms with E-state index < -0.39 is 5.60 Å². The number of carbonyl (C=O) groups excluding carboxylic acids is 2. The molecule has 0 aromatic carbocycles. The third-order valence-corrected chi connectivity index (χ3v) is 3.18. The topological polar surface area (TPSA) is 43.4 Å². The lowest BCUT2D eigenvalue weighted by Crippen LogP contribution is -2.23. The highest BCUT2D eigenvalue weighted by molar-refractivity contribution is 5.91. The molecule has 3 nitrogen and oxygen atoms in total. The van der Waals surface area contributed by atoms with E-state index in [0.29, 0.717) is 0 Å². The van der Waals surface area contributed by atoms with Gasteiger partial charge in [0.25, 0.3) is 0 Å². The Morgan fingerprint density at radius 3 is 1.85 bits per heavy atom. The molecule has 0 spiro atoms. The fourth-order valence-corrected chi connectivity index (χ4v) is 2.05. The molecule has 1 aliphatic rings. The number of hydrogen-bond acceptors (Lipinski definition) is 3. The summed E-state index contributed by atoms with van der Waals surface area (Å²) in [5, 5.41) is 0. The molecule has 0 N–H and O–H groups in total. The van der Waals surface area contributed by atoms with Crippen LogP contribution in [0, 0.1) is 5.92 Å². The third-order valence-electron chi connectivity index (χ3n) is 3.18. The lowest BCUT2D eigenvalue weighted by atomic mass is 9.89. The van der Waals surface area contributed by atoms with Gasteiger partial charge in [-0.25, -0.2) is 4.79 Å². The maximum Gasteiger partial charge on any atom is 0.331 e. The van der Waals surface area contributed by atoms with Gasteiger partial charge >= 0.3 is 5.97 Å². The van der Waals surface area contributed by atoms with Gasteiger partial charge in [0.1, 0.15) is 5.60 Å². The summed E-state index contributed by atoms with van der Waals surface area (Å²) in [7, 11) is 0. The maximum atomic E-state index is 11.7. The van der Waals surface area contributed by atoms with Crippen molar-refractivity contribution < 1.29 is 14.3 Å². The standard InChI is InChI=1S/C17H26O3/c1-12(2)15(18)10-13-6-8-14(9-7-13)11-16(19)20-17(3,4)5/h10-12H,6-9H2,1-5H3. The first-order chi connectivity index (χ1) is 9.17. The molecule has 0 amide bonds. The summed E-state index contributed by atoms with van der Waals surface area (Å²) in [4.78, 5) is 23.4. The number of rotatable bonds is 3. The molecule has 0 atom stereocenters. The van der Waals surface area contributed by atoms with Gasteiger partial charge < -0.3 is 4.74 Å². The highest BCUT2D eigenvalue weighted by atomic mass is 16.6. The van der Waals surface area contributed by atoms with Crippen molar-refractivity contribution in [2.75, 3.05) is 0 Å². The highest BCUT2D eigenvalue weighted by Crippen LogP contribution is 2.28. The zero-order chi connectivity index (χ0) is 15.3. The molecular weight excluding hydrogens is 252 g/mol. The van der Waals surface area contributed by atoms with Crippen LogP contribution in [-0.2, 0) is 14.3 Å². The van der Waals surface area contributed by atoms with Crippen molar-refractivity contribution in [2.24, 2.45) is 5.92 Å². The summed E-state index contributed by atoms with van der Waals surface area (Å²) in [6.07, 6.45) is 6.83. The quantitative estimate of drug-likeness (QED) is 0.579. The Kier molecular flexibility index (Phi) is 5.73. The maximum absolute atomic E-state index is 11.7. The first-order valence-electron chi connectivity index (χ1n) is 7.33. The second-order valence-corrected chi connectivity index (χ2v) is 6.70. The molecule has 0 radical (unpaired) electrons. The van der Waals surface area contributed by atoms with Gasteiger partial charge in [-0.15, -0.1) is 0 Å². The van der Waals surface area contributed by atoms with Crippen molar-refractivity contribution in [2.45, 2.75) is 65.9 Å². The number of ether oxygens (including phenoxy) is 1. The average Bonchev–Trinajstić information content (AvgIpc) is 2.28. The molecule has 3 heteroatoms. The zero-order valence-corrected chi connectivity index (χ0v) is 13.3. The minimum Gasteiger partial charge on any atom is -0.457 e. The molecule has 1 aliphatic carbocycles. The molecule has 0 unspecified atom stereocenters. The van der Waals surface area contributed by atoms with Crippen LogP contribution in [0.15, 0.2) is 23.3 Å². The Morgan fingerprint density at radius 2 is 1.45 bits per heavy atom. The summed E-state index contributed by atoms with van der Waals surface area (Å²) in [6.45, 7) is 9.42.